The minimum absolute atomic E-state index is 0.0632. The molecule has 0 atom stereocenters. The van der Waals surface area contributed by atoms with Gasteiger partial charge >= 0.3 is 0 Å². The Morgan fingerprint density at radius 1 is 1.44 bits per heavy atom. The van der Waals surface area contributed by atoms with E-state index >= 15 is 0 Å². The van der Waals surface area contributed by atoms with E-state index in [2.05, 4.69) is 38.8 Å². The number of aromatic nitrogens is 2. The molecule has 1 aromatic rings. The fourth-order valence-corrected chi connectivity index (χ4v) is 2.29. The molecule has 0 amide bonds. The molecule has 0 N–H and O–H groups in total. The van der Waals surface area contributed by atoms with Crippen molar-refractivity contribution in [3.8, 4) is 0 Å². The molecule has 0 unspecified atom stereocenters. The van der Waals surface area contributed by atoms with E-state index in [0.29, 0.717) is 12.8 Å². The third kappa shape index (κ3) is 3.98. The molecular weight excluding hydrogens is 244 g/mol. The molecule has 1 aromatic heterocycles. The third-order valence-corrected chi connectivity index (χ3v) is 7.87. The van der Waals surface area contributed by atoms with Crippen LogP contribution in [-0.4, -0.2) is 23.8 Å². The lowest BCUT2D eigenvalue weighted by Gasteiger charge is -2.35. The standard InChI is InChI=1S/C13H24N2O2Si/c1-13(2,3)18(5,6)17-12(16)8-7-11-9-15(4)10-14-11/h9-10H,7-8H2,1-6H3. The second-order valence-corrected chi connectivity index (χ2v) is 11.0. The highest BCUT2D eigenvalue weighted by atomic mass is 28.4. The molecule has 18 heavy (non-hydrogen) atoms. The van der Waals surface area contributed by atoms with Gasteiger partial charge in [-0.3, -0.25) is 4.79 Å². The van der Waals surface area contributed by atoms with Crippen LogP contribution in [-0.2, 0) is 22.7 Å². The first-order valence-corrected chi connectivity index (χ1v) is 9.21. The Balaban J connectivity index is 2.48. The molecule has 0 aliphatic rings. The number of rotatable bonds is 4. The van der Waals surface area contributed by atoms with Crippen LogP contribution in [0.2, 0.25) is 18.1 Å². The van der Waals surface area contributed by atoms with Crippen LogP contribution in [0.15, 0.2) is 12.5 Å². The van der Waals surface area contributed by atoms with Crippen LogP contribution < -0.4 is 0 Å². The maximum atomic E-state index is 11.9. The van der Waals surface area contributed by atoms with Gasteiger partial charge in [-0.2, -0.15) is 0 Å². The molecule has 0 saturated heterocycles. The summed E-state index contributed by atoms with van der Waals surface area (Å²) in [6.07, 6.45) is 4.73. The van der Waals surface area contributed by atoms with Gasteiger partial charge in [0.25, 0.3) is 14.3 Å². The van der Waals surface area contributed by atoms with E-state index in [-0.39, 0.29) is 11.0 Å². The van der Waals surface area contributed by atoms with Crippen molar-refractivity contribution in [2.24, 2.45) is 7.05 Å². The fraction of sp³-hybridized carbons (Fsp3) is 0.692. The Labute approximate surface area is 110 Å². The lowest BCUT2D eigenvalue weighted by Crippen LogP contribution is -2.42. The molecular formula is C13H24N2O2Si. The quantitative estimate of drug-likeness (QED) is 0.789. The first kappa shape index (κ1) is 15.0. The molecule has 0 fully saturated rings. The summed E-state index contributed by atoms with van der Waals surface area (Å²) < 4.78 is 7.58. The van der Waals surface area contributed by atoms with Crippen molar-refractivity contribution in [1.82, 2.24) is 9.55 Å². The summed E-state index contributed by atoms with van der Waals surface area (Å²) in [7, 11) is -0.0550. The Kier molecular flexibility index (Phi) is 4.37. The van der Waals surface area contributed by atoms with Gasteiger partial charge in [0, 0.05) is 26.1 Å². The van der Waals surface area contributed by atoms with E-state index < -0.39 is 8.32 Å². The normalized spacial score (nSPS) is 12.6. The second kappa shape index (κ2) is 5.26. The second-order valence-electron chi connectivity index (χ2n) is 6.26. The van der Waals surface area contributed by atoms with E-state index in [9.17, 15) is 4.79 Å². The van der Waals surface area contributed by atoms with Crippen LogP contribution in [0.25, 0.3) is 0 Å². The van der Waals surface area contributed by atoms with Crippen LogP contribution >= 0.6 is 0 Å². The van der Waals surface area contributed by atoms with Crippen LogP contribution in [0, 0.1) is 0 Å². The highest BCUT2D eigenvalue weighted by Crippen LogP contribution is 2.36. The van der Waals surface area contributed by atoms with Crippen molar-refractivity contribution in [2.75, 3.05) is 0 Å². The van der Waals surface area contributed by atoms with E-state index in [0.717, 1.165) is 5.69 Å². The average molecular weight is 268 g/mol. The molecule has 0 saturated carbocycles. The number of imidazole rings is 1. The van der Waals surface area contributed by atoms with Gasteiger partial charge in [-0.1, -0.05) is 20.8 Å². The summed E-state index contributed by atoms with van der Waals surface area (Å²) in [6.45, 7) is 10.6. The number of carbonyl (C=O) groups excluding carboxylic acids is 1. The monoisotopic (exact) mass is 268 g/mol. The van der Waals surface area contributed by atoms with Crippen molar-refractivity contribution in [3.05, 3.63) is 18.2 Å². The summed E-state index contributed by atoms with van der Waals surface area (Å²) in [5.41, 5.74) is 0.935. The smallest absolute Gasteiger partial charge is 0.292 e. The Hall–Kier alpha value is -1.10. The zero-order valence-corrected chi connectivity index (χ0v) is 13.3. The van der Waals surface area contributed by atoms with Gasteiger partial charge in [-0.05, 0) is 18.1 Å². The average Bonchev–Trinajstić information content (AvgIpc) is 2.59. The molecule has 0 spiro atoms. The van der Waals surface area contributed by atoms with Crippen molar-refractivity contribution in [1.29, 1.82) is 0 Å². The first-order chi connectivity index (χ1) is 8.12. The molecule has 5 heteroatoms. The molecule has 0 bridgehead atoms. The van der Waals surface area contributed by atoms with Gasteiger partial charge in [0.2, 0.25) is 0 Å². The molecule has 0 radical (unpaired) electrons. The Morgan fingerprint density at radius 3 is 2.50 bits per heavy atom. The maximum absolute atomic E-state index is 11.9. The van der Waals surface area contributed by atoms with Gasteiger partial charge < -0.3 is 8.99 Å². The lowest BCUT2D eigenvalue weighted by molar-refractivity contribution is -0.135. The van der Waals surface area contributed by atoms with Crippen LogP contribution in [0.5, 0.6) is 0 Å². The van der Waals surface area contributed by atoms with Gasteiger partial charge in [0.1, 0.15) is 0 Å². The zero-order valence-electron chi connectivity index (χ0n) is 12.3. The van der Waals surface area contributed by atoms with Crippen molar-refractivity contribution in [2.45, 2.75) is 51.7 Å². The number of hydrogen-bond donors (Lipinski definition) is 0. The van der Waals surface area contributed by atoms with E-state index in [4.69, 9.17) is 4.43 Å². The number of aryl methyl sites for hydroxylation is 2. The molecule has 1 heterocycles. The number of hydrogen-bond acceptors (Lipinski definition) is 3. The maximum Gasteiger partial charge on any atom is 0.292 e. The largest absolute Gasteiger partial charge is 0.519 e. The minimum Gasteiger partial charge on any atom is -0.519 e. The van der Waals surface area contributed by atoms with Crippen molar-refractivity contribution in [3.63, 3.8) is 0 Å². The first-order valence-electron chi connectivity index (χ1n) is 6.30. The molecule has 0 aliphatic heterocycles. The van der Waals surface area contributed by atoms with Gasteiger partial charge in [0.15, 0.2) is 0 Å². The van der Waals surface area contributed by atoms with E-state index in [1.807, 2.05) is 17.8 Å². The highest BCUT2D eigenvalue weighted by Gasteiger charge is 2.40. The van der Waals surface area contributed by atoms with Crippen LogP contribution in [0.3, 0.4) is 0 Å². The summed E-state index contributed by atoms with van der Waals surface area (Å²) in [4.78, 5) is 16.1. The topological polar surface area (TPSA) is 44.1 Å². The lowest BCUT2D eigenvalue weighted by atomic mass is 10.2. The minimum atomic E-state index is -1.98. The van der Waals surface area contributed by atoms with Gasteiger partial charge in [-0.25, -0.2) is 4.98 Å². The summed E-state index contributed by atoms with van der Waals surface area (Å²) in [5, 5.41) is 0.0632. The Bertz CT molecular complexity index is 419. The van der Waals surface area contributed by atoms with E-state index in [1.54, 1.807) is 6.33 Å². The summed E-state index contributed by atoms with van der Waals surface area (Å²) in [6, 6.07) is 0. The summed E-state index contributed by atoms with van der Waals surface area (Å²) in [5.74, 6) is -0.104. The number of carbonyl (C=O) groups is 1. The fourth-order valence-electron chi connectivity index (χ4n) is 1.31. The molecule has 0 aromatic carbocycles. The third-order valence-electron chi connectivity index (χ3n) is 3.52. The molecule has 1 rings (SSSR count). The highest BCUT2D eigenvalue weighted by molar-refractivity contribution is 6.75. The van der Waals surface area contributed by atoms with Crippen molar-refractivity contribution < 1.29 is 9.22 Å². The van der Waals surface area contributed by atoms with Gasteiger partial charge in [0.05, 0.1) is 12.0 Å². The van der Waals surface area contributed by atoms with E-state index in [1.165, 1.54) is 0 Å². The SMILES string of the molecule is Cn1cnc(CCC(=O)O[Si](C)(C)C(C)(C)C)c1. The molecule has 102 valence electrons. The van der Waals surface area contributed by atoms with Crippen molar-refractivity contribution >= 4 is 14.3 Å². The predicted octanol–water partition coefficient (Wildman–Crippen LogP) is 2.90. The predicted molar refractivity (Wildman–Crippen MR) is 74.8 cm³/mol. The van der Waals surface area contributed by atoms with Crippen LogP contribution in [0.4, 0.5) is 0 Å². The van der Waals surface area contributed by atoms with Crippen LogP contribution in [0.1, 0.15) is 32.9 Å². The van der Waals surface area contributed by atoms with Gasteiger partial charge in [-0.15, -0.1) is 0 Å². The molecule has 0 aliphatic carbocycles. The Morgan fingerprint density at radius 2 is 2.06 bits per heavy atom. The molecule has 4 nitrogen and oxygen atoms in total. The number of nitrogens with zero attached hydrogens (tertiary/aromatic N) is 2. The zero-order chi connectivity index (χ0) is 14.0. The summed E-state index contributed by atoms with van der Waals surface area (Å²) >= 11 is 0.